The van der Waals surface area contributed by atoms with Crippen molar-refractivity contribution in [3.8, 4) is 0 Å². The van der Waals surface area contributed by atoms with Crippen LogP contribution in [0.1, 0.15) is 28.8 Å². The molecule has 27 heavy (non-hydrogen) atoms. The molecule has 0 N–H and O–H groups in total. The summed E-state index contributed by atoms with van der Waals surface area (Å²) in [7, 11) is 0. The second-order valence-electron chi connectivity index (χ2n) is 6.20. The van der Waals surface area contributed by atoms with Crippen LogP contribution in [0.25, 0.3) is 0 Å². The summed E-state index contributed by atoms with van der Waals surface area (Å²) in [5.41, 5.74) is 2.73. The van der Waals surface area contributed by atoms with Crippen LogP contribution in [0.4, 0.5) is 0 Å². The summed E-state index contributed by atoms with van der Waals surface area (Å²) in [6, 6.07) is 18.5. The number of rotatable bonds is 5. The molecule has 0 aliphatic carbocycles. The molecule has 0 amide bonds. The van der Waals surface area contributed by atoms with E-state index in [0.29, 0.717) is 0 Å². The summed E-state index contributed by atoms with van der Waals surface area (Å²) in [5, 5.41) is 0. The van der Waals surface area contributed by atoms with Gasteiger partial charge in [-0.05, 0) is 41.5 Å². The molecule has 4 aromatic rings. The minimum atomic E-state index is -0.326. The Balaban J connectivity index is 1.98. The Morgan fingerprint density at radius 2 is 1.44 bits per heavy atom. The number of nitrogens with zero attached hydrogens (tertiary/aromatic N) is 4. The van der Waals surface area contributed by atoms with Crippen LogP contribution in [0, 0.1) is 0 Å². The molecule has 0 spiro atoms. The first-order valence-electron chi connectivity index (χ1n) is 8.72. The maximum Gasteiger partial charge on any atom is 0.251 e. The maximum absolute atomic E-state index is 12.7. The van der Waals surface area contributed by atoms with Gasteiger partial charge in [0.15, 0.2) is 0 Å². The van der Waals surface area contributed by atoms with E-state index in [1.54, 1.807) is 41.5 Å². The van der Waals surface area contributed by atoms with Crippen LogP contribution in [0.2, 0.25) is 0 Å². The van der Waals surface area contributed by atoms with Crippen LogP contribution in [0.5, 0.6) is 0 Å². The first-order chi connectivity index (χ1) is 13.3. The summed E-state index contributed by atoms with van der Waals surface area (Å²) in [6.07, 6.45) is 10.7. The number of hydrogen-bond donors (Lipinski definition) is 0. The Morgan fingerprint density at radius 1 is 0.741 bits per heavy atom. The standard InChI is InChI=1S/C22H18N4O/c27-20-10-2-4-14-26(20)22(19-9-1-3-13-25-19)21(17-7-5-11-23-15-17)18-8-6-12-24-16-18/h1-16,21-22H/t22-/m0/s1. The van der Waals surface area contributed by atoms with Gasteiger partial charge < -0.3 is 4.57 Å². The van der Waals surface area contributed by atoms with Crippen molar-refractivity contribution in [1.82, 2.24) is 19.5 Å². The lowest BCUT2D eigenvalue weighted by Crippen LogP contribution is -2.30. The average molecular weight is 354 g/mol. The maximum atomic E-state index is 12.7. The average Bonchev–Trinajstić information content (AvgIpc) is 2.74. The molecule has 4 aromatic heterocycles. The van der Waals surface area contributed by atoms with E-state index in [1.165, 1.54) is 0 Å². The smallest absolute Gasteiger partial charge is 0.251 e. The number of hydrogen-bond acceptors (Lipinski definition) is 4. The topological polar surface area (TPSA) is 60.7 Å². The van der Waals surface area contributed by atoms with Gasteiger partial charge in [0.1, 0.15) is 0 Å². The highest BCUT2D eigenvalue weighted by Crippen LogP contribution is 2.37. The Labute approximate surface area is 157 Å². The highest BCUT2D eigenvalue weighted by Gasteiger charge is 2.30. The minimum Gasteiger partial charge on any atom is -0.305 e. The van der Waals surface area contributed by atoms with Gasteiger partial charge in [0.05, 0.1) is 11.7 Å². The minimum absolute atomic E-state index is 0.0778. The van der Waals surface area contributed by atoms with E-state index in [0.717, 1.165) is 16.8 Å². The van der Waals surface area contributed by atoms with Crippen LogP contribution in [-0.4, -0.2) is 19.5 Å². The normalized spacial score (nSPS) is 12.0. The van der Waals surface area contributed by atoms with Gasteiger partial charge in [-0.25, -0.2) is 0 Å². The second kappa shape index (κ2) is 7.74. The van der Waals surface area contributed by atoms with Crippen molar-refractivity contribution in [3.63, 3.8) is 0 Å². The predicted octanol–water partition coefficient (Wildman–Crippen LogP) is 3.45. The highest BCUT2D eigenvalue weighted by atomic mass is 16.1. The summed E-state index contributed by atoms with van der Waals surface area (Å²) in [4.78, 5) is 25.9. The summed E-state index contributed by atoms with van der Waals surface area (Å²) in [6.45, 7) is 0. The monoisotopic (exact) mass is 354 g/mol. The lowest BCUT2D eigenvalue weighted by Gasteiger charge is -2.29. The SMILES string of the molecule is O=c1ccccn1[C@@H](c1ccccn1)C(c1cccnc1)c1cccnc1. The quantitative estimate of drug-likeness (QED) is 0.551. The second-order valence-corrected chi connectivity index (χ2v) is 6.20. The molecule has 5 nitrogen and oxygen atoms in total. The van der Waals surface area contributed by atoms with Crippen molar-refractivity contribution in [1.29, 1.82) is 0 Å². The fourth-order valence-electron chi connectivity index (χ4n) is 3.37. The van der Waals surface area contributed by atoms with Gasteiger partial charge in [0.2, 0.25) is 0 Å². The molecule has 4 rings (SSSR count). The molecule has 0 fully saturated rings. The van der Waals surface area contributed by atoms with Crippen molar-refractivity contribution in [2.45, 2.75) is 12.0 Å². The lowest BCUT2D eigenvalue weighted by molar-refractivity contribution is 0.493. The van der Waals surface area contributed by atoms with Crippen LogP contribution in [0.3, 0.4) is 0 Å². The molecule has 4 heterocycles. The molecule has 0 bridgehead atoms. The molecule has 0 aliphatic rings. The molecule has 5 heteroatoms. The van der Waals surface area contributed by atoms with Gasteiger partial charge in [0.25, 0.3) is 5.56 Å². The zero-order chi connectivity index (χ0) is 18.5. The molecule has 0 aliphatic heterocycles. The third kappa shape index (κ3) is 3.53. The fourth-order valence-corrected chi connectivity index (χ4v) is 3.37. The Hall–Kier alpha value is -3.60. The lowest BCUT2D eigenvalue weighted by atomic mass is 9.84. The highest BCUT2D eigenvalue weighted by molar-refractivity contribution is 5.34. The zero-order valence-electron chi connectivity index (χ0n) is 14.6. The van der Waals surface area contributed by atoms with Crippen molar-refractivity contribution >= 4 is 0 Å². The van der Waals surface area contributed by atoms with Gasteiger partial charge in [0, 0.05) is 49.2 Å². The van der Waals surface area contributed by atoms with Crippen LogP contribution >= 0.6 is 0 Å². The first kappa shape index (κ1) is 16.8. The van der Waals surface area contributed by atoms with Gasteiger partial charge in [-0.2, -0.15) is 0 Å². The summed E-state index contributed by atoms with van der Waals surface area (Å²) >= 11 is 0. The van der Waals surface area contributed by atoms with E-state index in [2.05, 4.69) is 15.0 Å². The van der Waals surface area contributed by atoms with E-state index in [1.807, 2.05) is 60.9 Å². The Bertz CT molecular complexity index is 1010. The van der Waals surface area contributed by atoms with Gasteiger partial charge in [-0.3, -0.25) is 19.7 Å². The fraction of sp³-hybridized carbons (Fsp3) is 0.0909. The molecule has 0 saturated carbocycles. The third-order valence-electron chi connectivity index (χ3n) is 4.54. The number of pyridine rings is 4. The molecule has 0 aromatic carbocycles. The van der Waals surface area contributed by atoms with Crippen molar-refractivity contribution in [2.75, 3.05) is 0 Å². The largest absolute Gasteiger partial charge is 0.305 e. The van der Waals surface area contributed by atoms with Crippen LogP contribution in [-0.2, 0) is 0 Å². The van der Waals surface area contributed by atoms with Gasteiger partial charge in [-0.1, -0.05) is 24.3 Å². The van der Waals surface area contributed by atoms with Crippen molar-refractivity contribution in [2.24, 2.45) is 0 Å². The molecule has 0 unspecified atom stereocenters. The first-order valence-corrected chi connectivity index (χ1v) is 8.72. The van der Waals surface area contributed by atoms with E-state index in [4.69, 9.17) is 0 Å². The summed E-state index contributed by atoms with van der Waals surface area (Å²) < 4.78 is 1.73. The Morgan fingerprint density at radius 3 is 2.00 bits per heavy atom. The van der Waals surface area contributed by atoms with Crippen LogP contribution in [0.15, 0.2) is 103 Å². The van der Waals surface area contributed by atoms with E-state index in [9.17, 15) is 4.79 Å². The van der Waals surface area contributed by atoms with E-state index < -0.39 is 0 Å². The molecular formula is C22H18N4O. The third-order valence-corrected chi connectivity index (χ3v) is 4.54. The molecule has 0 saturated heterocycles. The van der Waals surface area contributed by atoms with Gasteiger partial charge in [-0.15, -0.1) is 0 Å². The van der Waals surface area contributed by atoms with E-state index in [-0.39, 0.29) is 17.5 Å². The van der Waals surface area contributed by atoms with Crippen LogP contribution < -0.4 is 5.56 Å². The summed E-state index contributed by atoms with van der Waals surface area (Å²) in [5.74, 6) is -0.164. The predicted molar refractivity (Wildman–Crippen MR) is 103 cm³/mol. The van der Waals surface area contributed by atoms with Crippen molar-refractivity contribution in [3.05, 3.63) is 125 Å². The number of aromatic nitrogens is 4. The molecule has 1 atom stereocenters. The van der Waals surface area contributed by atoms with Gasteiger partial charge >= 0.3 is 0 Å². The van der Waals surface area contributed by atoms with Crippen molar-refractivity contribution < 1.29 is 0 Å². The zero-order valence-corrected chi connectivity index (χ0v) is 14.6. The van der Waals surface area contributed by atoms with E-state index >= 15 is 0 Å². The molecule has 0 radical (unpaired) electrons. The molecule has 132 valence electrons. The Kier molecular flexibility index (Phi) is 4.83. The molecular weight excluding hydrogens is 336 g/mol.